The number of hydrogen-bond acceptors (Lipinski definition) is 2. The van der Waals surface area contributed by atoms with Gasteiger partial charge in [-0.2, -0.15) is 0 Å². The van der Waals surface area contributed by atoms with Crippen LogP contribution in [0.1, 0.15) is 32.3 Å². The van der Waals surface area contributed by atoms with Gasteiger partial charge in [-0.05, 0) is 24.6 Å². The van der Waals surface area contributed by atoms with Crippen LogP contribution in [0.15, 0.2) is 18.2 Å². The fourth-order valence-corrected chi connectivity index (χ4v) is 1.67. The number of rotatable bonds is 4. The van der Waals surface area contributed by atoms with Crippen molar-refractivity contribution in [3.63, 3.8) is 0 Å². The van der Waals surface area contributed by atoms with Crippen molar-refractivity contribution < 1.29 is 9.18 Å². The van der Waals surface area contributed by atoms with Gasteiger partial charge in [-0.3, -0.25) is 4.79 Å². The maximum absolute atomic E-state index is 13.8. The van der Waals surface area contributed by atoms with E-state index in [1.807, 2.05) is 13.8 Å². The molecular weight excluding hydrogens is 243 g/mol. The number of amides is 1. The lowest BCUT2D eigenvalue weighted by Gasteiger charge is -2.11. The maximum atomic E-state index is 13.8. The van der Waals surface area contributed by atoms with Gasteiger partial charge < -0.3 is 11.1 Å². The van der Waals surface area contributed by atoms with E-state index in [1.54, 1.807) is 6.07 Å². The summed E-state index contributed by atoms with van der Waals surface area (Å²) >= 11 is 0. The topological polar surface area (TPSA) is 55.1 Å². The molecular formula is C15H19FN2O. The van der Waals surface area contributed by atoms with Gasteiger partial charge in [0.15, 0.2) is 0 Å². The molecule has 0 heterocycles. The van der Waals surface area contributed by atoms with Crippen molar-refractivity contribution in [1.29, 1.82) is 0 Å². The Bertz CT molecular complexity index is 503. The third kappa shape index (κ3) is 4.72. The molecule has 19 heavy (non-hydrogen) atoms. The molecule has 0 aliphatic carbocycles. The highest BCUT2D eigenvalue weighted by Gasteiger charge is 2.13. The van der Waals surface area contributed by atoms with Crippen molar-refractivity contribution in [2.24, 2.45) is 11.7 Å². The predicted octanol–water partition coefficient (Wildman–Crippen LogP) is 2.51. The molecule has 0 aliphatic heterocycles. The Balaban J connectivity index is 2.77. The molecule has 3 nitrogen and oxygen atoms in total. The molecule has 1 aromatic carbocycles. The third-order valence-electron chi connectivity index (χ3n) is 2.73. The van der Waals surface area contributed by atoms with Crippen molar-refractivity contribution in [1.82, 2.24) is 0 Å². The summed E-state index contributed by atoms with van der Waals surface area (Å²) in [6.45, 7) is 4.07. The minimum atomic E-state index is -0.485. The van der Waals surface area contributed by atoms with Crippen LogP contribution < -0.4 is 11.1 Å². The molecule has 1 amide bonds. The Morgan fingerprint density at radius 1 is 1.53 bits per heavy atom. The van der Waals surface area contributed by atoms with Gasteiger partial charge in [0.2, 0.25) is 5.91 Å². The average molecular weight is 262 g/mol. The Morgan fingerprint density at radius 3 is 2.84 bits per heavy atom. The number of benzene rings is 1. The highest BCUT2D eigenvalue weighted by atomic mass is 19.1. The van der Waals surface area contributed by atoms with Gasteiger partial charge >= 0.3 is 0 Å². The van der Waals surface area contributed by atoms with Crippen LogP contribution in [0.25, 0.3) is 0 Å². The van der Waals surface area contributed by atoms with Crippen LogP contribution in [0.3, 0.4) is 0 Å². The standard InChI is InChI=1S/C15H19FN2O/c1-3-5-11(2)15(19)18-14-8-7-12(6-4-9-17)10-13(14)16/h7-8,10-11H,3,5,9,17H2,1-2H3,(H,18,19). The third-order valence-corrected chi connectivity index (χ3v) is 2.73. The van der Waals surface area contributed by atoms with Crippen LogP contribution in [0.5, 0.6) is 0 Å². The van der Waals surface area contributed by atoms with Gasteiger partial charge in [-0.25, -0.2) is 4.39 Å². The number of carbonyl (C=O) groups excluding carboxylic acids is 1. The van der Waals surface area contributed by atoms with Crippen LogP contribution in [0.4, 0.5) is 10.1 Å². The lowest BCUT2D eigenvalue weighted by molar-refractivity contribution is -0.119. The van der Waals surface area contributed by atoms with Crippen LogP contribution >= 0.6 is 0 Å². The Kier molecular flexibility index (Phi) is 6.04. The Morgan fingerprint density at radius 2 is 2.26 bits per heavy atom. The maximum Gasteiger partial charge on any atom is 0.227 e. The van der Waals surface area contributed by atoms with Crippen molar-refractivity contribution >= 4 is 11.6 Å². The van der Waals surface area contributed by atoms with Crippen LogP contribution in [0.2, 0.25) is 0 Å². The monoisotopic (exact) mass is 262 g/mol. The average Bonchev–Trinajstić information content (AvgIpc) is 2.39. The molecule has 0 aliphatic rings. The van der Waals surface area contributed by atoms with Gasteiger partial charge in [0.05, 0.1) is 12.2 Å². The molecule has 102 valence electrons. The number of nitrogens with one attached hydrogen (secondary N) is 1. The zero-order chi connectivity index (χ0) is 14.3. The molecule has 0 saturated heterocycles. The number of halogens is 1. The van der Waals surface area contributed by atoms with E-state index in [0.717, 1.165) is 12.8 Å². The first-order valence-corrected chi connectivity index (χ1v) is 6.37. The van der Waals surface area contributed by atoms with E-state index in [0.29, 0.717) is 5.56 Å². The lowest BCUT2D eigenvalue weighted by atomic mass is 10.1. The fourth-order valence-electron chi connectivity index (χ4n) is 1.67. The molecule has 4 heteroatoms. The summed E-state index contributed by atoms with van der Waals surface area (Å²) in [6, 6.07) is 4.47. The number of anilines is 1. The summed E-state index contributed by atoms with van der Waals surface area (Å²) in [7, 11) is 0. The zero-order valence-corrected chi connectivity index (χ0v) is 11.3. The number of nitrogens with two attached hydrogens (primary N) is 1. The first-order chi connectivity index (χ1) is 9.08. The minimum absolute atomic E-state index is 0.124. The molecule has 0 aromatic heterocycles. The largest absolute Gasteiger partial charge is 0.323 e. The molecule has 0 fully saturated rings. The van der Waals surface area contributed by atoms with E-state index in [9.17, 15) is 9.18 Å². The number of carbonyl (C=O) groups is 1. The summed E-state index contributed by atoms with van der Waals surface area (Å²) in [4.78, 5) is 11.8. The summed E-state index contributed by atoms with van der Waals surface area (Å²) in [6.07, 6.45) is 1.71. The zero-order valence-electron chi connectivity index (χ0n) is 11.3. The van der Waals surface area contributed by atoms with E-state index in [1.165, 1.54) is 12.1 Å². The van der Waals surface area contributed by atoms with Gasteiger partial charge in [-0.15, -0.1) is 0 Å². The first-order valence-electron chi connectivity index (χ1n) is 6.37. The molecule has 0 spiro atoms. The highest BCUT2D eigenvalue weighted by Crippen LogP contribution is 2.17. The van der Waals surface area contributed by atoms with Crippen molar-refractivity contribution in [2.45, 2.75) is 26.7 Å². The van der Waals surface area contributed by atoms with Crippen LogP contribution in [0, 0.1) is 23.6 Å². The van der Waals surface area contributed by atoms with Gasteiger partial charge in [0.1, 0.15) is 5.82 Å². The van der Waals surface area contributed by atoms with E-state index in [4.69, 9.17) is 5.73 Å². The molecule has 1 rings (SSSR count). The second kappa shape index (κ2) is 7.55. The van der Waals surface area contributed by atoms with E-state index in [-0.39, 0.29) is 24.1 Å². The SMILES string of the molecule is CCCC(C)C(=O)Nc1ccc(C#CCN)cc1F. The summed E-state index contributed by atoms with van der Waals surface area (Å²) < 4.78 is 13.8. The predicted molar refractivity (Wildman–Crippen MR) is 75.0 cm³/mol. The fraction of sp³-hybridized carbons (Fsp3) is 0.400. The van der Waals surface area contributed by atoms with Crippen LogP contribution in [-0.4, -0.2) is 12.5 Å². The van der Waals surface area contributed by atoms with Gasteiger partial charge in [-0.1, -0.05) is 32.1 Å². The normalized spacial score (nSPS) is 11.4. The van der Waals surface area contributed by atoms with Gasteiger partial charge in [0.25, 0.3) is 0 Å². The molecule has 0 saturated carbocycles. The summed E-state index contributed by atoms with van der Waals surface area (Å²) in [5.41, 5.74) is 5.98. The Hall–Kier alpha value is -1.86. The summed E-state index contributed by atoms with van der Waals surface area (Å²) in [5, 5.41) is 2.59. The first kappa shape index (κ1) is 15.2. The molecule has 1 atom stereocenters. The second-order valence-corrected chi connectivity index (χ2v) is 4.38. The smallest absolute Gasteiger partial charge is 0.227 e. The second-order valence-electron chi connectivity index (χ2n) is 4.38. The summed E-state index contributed by atoms with van der Waals surface area (Å²) in [5.74, 6) is 4.62. The molecule has 3 N–H and O–H groups in total. The minimum Gasteiger partial charge on any atom is -0.323 e. The molecule has 0 radical (unpaired) electrons. The van der Waals surface area contributed by atoms with Crippen molar-refractivity contribution in [2.75, 3.05) is 11.9 Å². The van der Waals surface area contributed by atoms with E-state index >= 15 is 0 Å². The van der Waals surface area contributed by atoms with Crippen molar-refractivity contribution in [3.05, 3.63) is 29.6 Å². The molecule has 1 aromatic rings. The Labute approximate surface area is 113 Å². The van der Waals surface area contributed by atoms with Crippen molar-refractivity contribution in [3.8, 4) is 11.8 Å². The quantitative estimate of drug-likeness (QED) is 0.819. The van der Waals surface area contributed by atoms with E-state index in [2.05, 4.69) is 17.2 Å². The van der Waals surface area contributed by atoms with Crippen LogP contribution in [-0.2, 0) is 4.79 Å². The molecule has 0 bridgehead atoms. The molecule has 1 unspecified atom stereocenters. The van der Waals surface area contributed by atoms with Gasteiger partial charge in [0, 0.05) is 11.5 Å². The van der Waals surface area contributed by atoms with E-state index < -0.39 is 5.82 Å². The highest BCUT2D eigenvalue weighted by molar-refractivity contribution is 5.92. The number of hydrogen-bond donors (Lipinski definition) is 2. The lowest BCUT2D eigenvalue weighted by Crippen LogP contribution is -2.20.